The number of ether oxygens (including phenoxy) is 1. The summed E-state index contributed by atoms with van der Waals surface area (Å²) in [5.41, 5.74) is 2.70. The van der Waals surface area contributed by atoms with Gasteiger partial charge in [-0.2, -0.15) is 0 Å². The molecule has 0 aliphatic heterocycles. The Bertz CT molecular complexity index is 1120. The van der Waals surface area contributed by atoms with Crippen molar-refractivity contribution in [1.29, 1.82) is 0 Å². The molecule has 0 atom stereocenters. The fourth-order valence-electron chi connectivity index (χ4n) is 4.47. The van der Waals surface area contributed by atoms with Gasteiger partial charge in [0.05, 0.1) is 24.7 Å². The molecule has 0 spiro atoms. The second-order valence-corrected chi connectivity index (χ2v) is 9.49. The zero-order valence-corrected chi connectivity index (χ0v) is 21.0. The van der Waals surface area contributed by atoms with Crippen molar-refractivity contribution in [2.24, 2.45) is 0 Å². The molecule has 6 nitrogen and oxygen atoms in total. The maximum Gasteiger partial charge on any atom is 0.264 e. The number of benzene rings is 1. The summed E-state index contributed by atoms with van der Waals surface area (Å²) in [6.07, 6.45) is 11.1. The van der Waals surface area contributed by atoms with E-state index in [1.165, 1.54) is 0 Å². The van der Waals surface area contributed by atoms with Crippen LogP contribution in [0.1, 0.15) is 80.9 Å². The summed E-state index contributed by atoms with van der Waals surface area (Å²) < 4.78 is 8.18. The lowest BCUT2D eigenvalue weighted by Gasteiger charge is -2.20. The van der Waals surface area contributed by atoms with Crippen LogP contribution >= 0.6 is 15.9 Å². The predicted octanol–water partition coefficient (Wildman–Crippen LogP) is 5.77. The molecular formula is C26H31BrN4O2. The van der Waals surface area contributed by atoms with Crippen LogP contribution in [0.3, 0.4) is 0 Å². The Balaban J connectivity index is 1.86. The van der Waals surface area contributed by atoms with Crippen LogP contribution in [0.15, 0.2) is 45.9 Å². The van der Waals surface area contributed by atoms with Gasteiger partial charge in [-0.1, -0.05) is 54.2 Å². The van der Waals surface area contributed by atoms with Crippen molar-refractivity contribution in [3.05, 3.63) is 74.1 Å². The third-order valence-electron chi connectivity index (χ3n) is 6.20. The lowest BCUT2D eigenvalue weighted by molar-refractivity contribution is 0.337. The van der Waals surface area contributed by atoms with Gasteiger partial charge in [0.25, 0.3) is 5.56 Å². The molecule has 1 saturated carbocycles. The molecule has 0 saturated heterocycles. The molecule has 3 aromatic rings. The van der Waals surface area contributed by atoms with Crippen LogP contribution in [0.2, 0.25) is 0 Å². The minimum atomic E-state index is -0.0509. The van der Waals surface area contributed by atoms with Gasteiger partial charge in [-0.25, -0.2) is 19.5 Å². The monoisotopic (exact) mass is 510 g/mol. The van der Waals surface area contributed by atoms with E-state index in [4.69, 9.17) is 9.72 Å². The molecule has 4 rings (SSSR count). The highest BCUT2D eigenvalue weighted by atomic mass is 79.9. The molecular weight excluding hydrogens is 480 g/mol. The normalized spacial score (nSPS) is 14.0. The van der Waals surface area contributed by atoms with Gasteiger partial charge in [-0.15, -0.1) is 0 Å². The highest BCUT2D eigenvalue weighted by Gasteiger charge is 2.27. The van der Waals surface area contributed by atoms with Crippen LogP contribution in [-0.2, 0) is 12.8 Å². The second kappa shape index (κ2) is 11.1. The molecule has 0 N–H and O–H groups in total. The van der Waals surface area contributed by atoms with Gasteiger partial charge in [0.2, 0.25) is 5.95 Å². The maximum atomic E-state index is 14.0. The number of nitrogens with zero attached hydrogens (tertiary/aromatic N) is 4. The smallest absolute Gasteiger partial charge is 0.264 e. The van der Waals surface area contributed by atoms with Crippen molar-refractivity contribution < 1.29 is 4.74 Å². The zero-order valence-electron chi connectivity index (χ0n) is 19.4. The summed E-state index contributed by atoms with van der Waals surface area (Å²) in [5, 5.41) is 0. The Hall–Kier alpha value is -2.54. The molecule has 2 aromatic heterocycles. The van der Waals surface area contributed by atoms with Crippen LogP contribution in [-0.4, -0.2) is 26.1 Å². The molecule has 2 heterocycles. The van der Waals surface area contributed by atoms with Crippen molar-refractivity contribution >= 4 is 15.9 Å². The first-order valence-corrected chi connectivity index (χ1v) is 12.7. The second-order valence-electron chi connectivity index (χ2n) is 8.58. The van der Waals surface area contributed by atoms with Gasteiger partial charge in [-0.3, -0.25) is 4.79 Å². The average molecular weight is 511 g/mol. The van der Waals surface area contributed by atoms with E-state index >= 15 is 0 Å². The number of halogens is 1. The molecule has 174 valence electrons. The first-order valence-electron chi connectivity index (χ1n) is 11.9. The Morgan fingerprint density at radius 3 is 2.42 bits per heavy atom. The molecule has 33 heavy (non-hydrogen) atoms. The number of rotatable bonds is 9. The van der Waals surface area contributed by atoms with E-state index in [-0.39, 0.29) is 11.5 Å². The molecule has 1 fully saturated rings. The molecule has 0 radical (unpaired) electrons. The minimum absolute atomic E-state index is 0.0509. The Morgan fingerprint density at radius 2 is 1.79 bits per heavy atom. The molecule has 0 amide bonds. The first-order chi connectivity index (χ1) is 16.1. The fourth-order valence-corrected chi connectivity index (χ4v) is 4.73. The van der Waals surface area contributed by atoms with Crippen molar-refractivity contribution in [2.75, 3.05) is 6.61 Å². The van der Waals surface area contributed by atoms with Crippen LogP contribution in [0.4, 0.5) is 0 Å². The van der Waals surface area contributed by atoms with Gasteiger partial charge in [-0.05, 0) is 50.3 Å². The Kier molecular flexibility index (Phi) is 7.91. The topological polar surface area (TPSA) is 69.9 Å². The molecule has 1 aromatic carbocycles. The number of hydrogen-bond donors (Lipinski definition) is 0. The summed E-state index contributed by atoms with van der Waals surface area (Å²) in [6.45, 7) is 4.63. The number of unbranched alkanes of at least 4 members (excludes halogenated alkanes) is 1. The van der Waals surface area contributed by atoms with Gasteiger partial charge in [0, 0.05) is 22.4 Å². The van der Waals surface area contributed by atoms with Gasteiger partial charge >= 0.3 is 0 Å². The van der Waals surface area contributed by atoms with Gasteiger partial charge in [0.1, 0.15) is 5.82 Å². The summed E-state index contributed by atoms with van der Waals surface area (Å²) in [7, 11) is 0. The third kappa shape index (κ3) is 5.52. The van der Waals surface area contributed by atoms with E-state index in [1.54, 1.807) is 17.0 Å². The van der Waals surface area contributed by atoms with Crippen molar-refractivity contribution in [3.8, 4) is 11.7 Å². The van der Waals surface area contributed by atoms with Crippen LogP contribution in [0.25, 0.3) is 5.95 Å². The van der Waals surface area contributed by atoms with E-state index in [0.717, 1.165) is 72.1 Å². The number of hydrogen-bond acceptors (Lipinski definition) is 5. The van der Waals surface area contributed by atoms with Gasteiger partial charge < -0.3 is 4.74 Å². The molecule has 0 bridgehead atoms. The molecule has 1 aliphatic rings. The lowest BCUT2D eigenvalue weighted by Crippen LogP contribution is -2.31. The fraction of sp³-hybridized carbons (Fsp3) is 0.462. The summed E-state index contributed by atoms with van der Waals surface area (Å²) >= 11 is 3.50. The predicted molar refractivity (Wildman–Crippen MR) is 133 cm³/mol. The summed E-state index contributed by atoms with van der Waals surface area (Å²) in [5.74, 6) is 2.04. The van der Waals surface area contributed by atoms with Crippen LogP contribution in [0, 0.1) is 0 Å². The number of aromatic nitrogens is 4. The zero-order chi connectivity index (χ0) is 23.2. The van der Waals surface area contributed by atoms with E-state index in [1.807, 2.05) is 19.1 Å². The van der Waals surface area contributed by atoms with Crippen molar-refractivity contribution in [3.63, 3.8) is 0 Å². The molecule has 1 aliphatic carbocycles. The molecule has 7 heteroatoms. The van der Waals surface area contributed by atoms with E-state index in [2.05, 4.69) is 45.0 Å². The SMILES string of the molecule is CCCCc1nc(C2CCCC2)n(-c2ncc(OCC)cn2)c(=O)c1Cc1ccc(Br)cc1. The quantitative estimate of drug-likeness (QED) is 0.365. The third-order valence-corrected chi connectivity index (χ3v) is 6.72. The van der Waals surface area contributed by atoms with Crippen LogP contribution in [0.5, 0.6) is 5.75 Å². The number of aryl methyl sites for hydroxylation is 1. The average Bonchev–Trinajstić information content (AvgIpc) is 3.36. The summed E-state index contributed by atoms with van der Waals surface area (Å²) in [4.78, 5) is 28.1. The maximum absolute atomic E-state index is 14.0. The highest BCUT2D eigenvalue weighted by molar-refractivity contribution is 9.10. The van der Waals surface area contributed by atoms with Crippen LogP contribution < -0.4 is 10.3 Å². The lowest BCUT2D eigenvalue weighted by atomic mass is 10.00. The standard InChI is InChI=1S/C26H31BrN4O2/c1-3-5-10-23-22(15-18-11-13-20(27)14-12-18)25(32)31(24(30-23)19-8-6-7-9-19)26-28-16-21(17-29-26)33-4-2/h11-14,16-17,19H,3-10,15H2,1-2H3. The highest BCUT2D eigenvalue weighted by Crippen LogP contribution is 2.34. The van der Waals surface area contributed by atoms with E-state index in [9.17, 15) is 4.79 Å². The Labute approximate surface area is 203 Å². The van der Waals surface area contributed by atoms with E-state index < -0.39 is 0 Å². The summed E-state index contributed by atoms with van der Waals surface area (Å²) in [6, 6.07) is 8.12. The van der Waals surface area contributed by atoms with Crippen molar-refractivity contribution in [1.82, 2.24) is 19.5 Å². The minimum Gasteiger partial charge on any atom is -0.491 e. The van der Waals surface area contributed by atoms with E-state index in [0.29, 0.717) is 24.7 Å². The first kappa shape index (κ1) is 23.6. The van der Waals surface area contributed by atoms with Gasteiger partial charge in [0.15, 0.2) is 5.75 Å². The Morgan fingerprint density at radius 1 is 1.09 bits per heavy atom. The van der Waals surface area contributed by atoms with Crippen molar-refractivity contribution in [2.45, 2.75) is 71.1 Å². The largest absolute Gasteiger partial charge is 0.491 e. The molecule has 0 unspecified atom stereocenters.